The molecule has 0 radical (unpaired) electrons. The summed E-state index contributed by atoms with van der Waals surface area (Å²) < 4.78 is 34.7. The number of carbonyl (C=O) groups is 2. The largest absolute Gasteiger partial charge is 0.472 e. The first-order valence-corrected chi connectivity index (χ1v) is 35.4. The molecule has 0 aliphatic heterocycles. The molecule has 1 N–H and O–H groups in total. The summed E-state index contributed by atoms with van der Waals surface area (Å²) >= 11 is 0. The van der Waals surface area contributed by atoms with Gasteiger partial charge in [-0.2, -0.15) is 0 Å². The zero-order valence-electron chi connectivity index (χ0n) is 55.2. The Labute approximate surface area is 528 Å². The smallest absolute Gasteiger partial charge is 0.462 e. The van der Waals surface area contributed by atoms with Crippen LogP contribution in [-0.4, -0.2) is 74.9 Å². The van der Waals surface area contributed by atoms with Gasteiger partial charge < -0.3 is 18.9 Å². The highest BCUT2D eigenvalue weighted by Gasteiger charge is 2.27. The maximum atomic E-state index is 12.9. The predicted octanol–water partition coefficient (Wildman–Crippen LogP) is 22.2. The van der Waals surface area contributed by atoms with Crippen LogP contribution in [0.5, 0.6) is 0 Å². The van der Waals surface area contributed by atoms with Crippen molar-refractivity contribution in [2.24, 2.45) is 0 Å². The lowest BCUT2D eigenvalue weighted by molar-refractivity contribution is -0.870. The number of nitrogens with zero attached hydrogens (tertiary/aromatic N) is 1. The number of quaternary nitrogens is 1. The number of phosphoric ester groups is 1. The van der Waals surface area contributed by atoms with E-state index in [0.29, 0.717) is 23.9 Å². The monoisotopic (exact) mass is 1210 g/mol. The topological polar surface area (TPSA) is 108 Å². The van der Waals surface area contributed by atoms with Crippen LogP contribution in [0.15, 0.2) is 170 Å². The Bertz CT molecular complexity index is 2060. The van der Waals surface area contributed by atoms with Gasteiger partial charge in [0, 0.05) is 12.8 Å². The third-order valence-electron chi connectivity index (χ3n) is 13.7. The molecule has 0 bridgehead atoms. The highest BCUT2D eigenvalue weighted by atomic mass is 31.2. The van der Waals surface area contributed by atoms with Gasteiger partial charge in [-0.1, -0.05) is 274 Å². The Balaban J connectivity index is 4.15. The summed E-state index contributed by atoms with van der Waals surface area (Å²) in [5, 5.41) is 0. The molecule has 0 heterocycles. The molecule has 0 rings (SSSR count). The van der Waals surface area contributed by atoms with Gasteiger partial charge in [0.25, 0.3) is 0 Å². The Kier molecular flexibility index (Phi) is 61.3. The van der Waals surface area contributed by atoms with Crippen LogP contribution in [0.2, 0.25) is 0 Å². The molecule has 0 saturated heterocycles. The molecular formula is C76H125NO8P+. The number of rotatable bonds is 60. The molecular weight excluding hydrogens is 1090 g/mol. The maximum absolute atomic E-state index is 12.9. The Hall–Kier alpha value is -4.63. The summed E-state index contributed by atoms with van der Waals surface area (Å²) in [6, 6.07) is 0. The van der Waals surface area contributed by atoms with Gasteiger partial charge in [-0.25, -0.2) is 4.57 Å². The first-order valence-electron chi connectivity index (χ1n) is 33.9. The van der Waals surface area contributed by atoms with Crippen molar-refractivity contribution in [3.63, 3.8) is 0 Å². The fourth-order valence-corrected chi connectivity index (χ4v) is 9.36. The summed E-state index contributed by atoms with van der Waals surface area (Å²) in [4.78, 5) is 35.8. The quantitative estimate of drug-likeness (QED) is 0.0211. The highest BCUT2D eigenvalue weighted by Crippen LogP contribution is 2.43. The third-order valence-corrected chi connectivity index (χ3v) is 14.7. The highest BCUT2D eigenvalue weighted by molar-refractivity contribution is 7.47. The number of hydrogen-bond donors (Lipinski definition) is 1. The lowest BCUT2D eigenvalue weighted by Crippen LogP contribution is -2.37. The second-order valence-electron chi connectivity index (χ2n) is 23.1. The van der Waals surface area contributed by atoms with Crippen LogP contribution < -0.4 is 0 Å². The van der Waals surface area contributed by atoms with E-state index in [0.717, 1.165) is 154 Å². The van der Waals surface area contributed by atoms with E-state index in [1.54, 1.807) is 0 Å². The number of allylic oxidation sites excluding steroid dienone is 28. The average molecular weight is 1210 g/mol. The van der Waals surface area contributed by atoms with Gasteiger partial charge in [-0.15, -0.1) is 0 Å². The average Bonchev–Trinajstić information content (AvgIpc) is 3.67. The van der Waals surface area contributed by atoms with Crippen molar-refractivity contribution in [3.05, 3.63) is 170 Å². The number of esters is 2. The summed E-state index contributed by atoms with van der Waals surface area (Å²) in [6.45, 7) is 4.17. The fourth-order valence-electron chi connectivity index (χ4n) is 8.62. The van der Waals surface area contributed by atoms with E-state index in [1.807, 2.05) is 21.1 Å². The Morgan fingerprint density at radius 3 is 0.930 bits per heavy atom. The van der Waals surface area contributed by atoms with Crippen molar-refractivity contribution < 1.29 is 42.1 Å². The van der Waals surface area contributed by atoms with E-state index in [1.165, 1.54) is 51.4 Å². The van der Waals surface area contributed by atoms with Crippen LogP contribution in [0, 0.1) is 0 Å². The van der Waals surface area contributed by atoms with Gasteiger partial charge in [-0.3, -0.25) is 18.6 Å². The second-order valence-corrected chi connectivity index (χ2v) is 24.5. The molecule has 0 aromatic carbocycles. The molecule has 2 unspecified atom stereocenters. The minimum Gasteiger partial charge on any atom is -0.462 e. The molecule has 0 amide bonds. The van der Waals surface area contributed by atoms with E-state index >= 15 is 0 Å². The van der Waals surface area contributed by atoms with E-state index in [9.17, 15) is 19.0 Å². The number of phosphoric acid groups is 1. The van der Waals surface area contributed by atoms with Crippen LogP contribution in [0.4, 0.5) is 0 Å². The van der Waals surface area contributed by atoms with Gasteiger partial charge in [0.1, 0.15) is 19.8 Å². The van der Waals surface area contributed by atoms with Gasteiger partial charge in [0.2, 0.25) is 0 Å². The predicted molar refractivity (Wildman–Crippen MR) is 371 cm³/mol. The molecule has 0 aromatic rings. The molecule has 9 nitrogen and oxygen atoms in total. The zero-order valence-corrected chi connectivity index (χ0v) is 56.1. The molecule has 2 atom stereocenters. The van der Waals surface area contributed by atoms with Gasteiger partial charge in [-0.05, 0) is 128 Å². The summed E-state index contributed by atoms with van der Waals surface area (Å²) in [6.07, 6.45) is 98.7. The second kappa shape index (κ2) is 64.8. The van der Waals surface area contributed by atoms with E-state index < -0.39 is 26.5 Å². The van der Waals surface area contributed by atoms with E-state index in [4.69, 9.17) is 18.5 Å². The first-order chi connectivity index (χ1) is 42.0. The molecule has 0 spiro atoms. The molecule has 0 aromatic heterocycles. The van der Waals surface area contributed by atoms with Gasteiger partial charge >= 0.3 is 19.8 Å². The van der Waals surface area contributed by atoms with Crippen LogP contribution in [0.1, 0.15) is 245 Å². The Morgan fingerprint density at radius 2 is 0.628 bits per heavy atom. The van der Waals surface area contributed by atoms with Crippen LogP contribution in [0.25, 0.3) is 0 Å². The standard InChI is InChI=1S/C76H124NO8P/c1-6-8-10-12-14-16-18-20-22-24-26-28-30-32-33-34-35-36-37-38-39-40-41-42-43-45-47-49-51-53-55-57-59-61-63-65-67-69-76(79)85-74(73-84-86(80,81)83-71-70-77(3,4)5)72-82-75(78)68-66-64-62-60-58-56-54-52-50-48-46-44-31-29-27-25-23-21-19-17-15-13-11-9-7-2/h8-11,14-17,20-23,26-29,32-33,35-36,38-39,41-42,44,46,50,52,74H,6-7,12-13,18-19,24-25,30-31,34,37,40,43,45,47-49,51,53-73H2,1-5H3/p+1/b10-8-,11-9-,16-14-,17-15-,22-20-,23-21-,28-26-,29-27-,33-32-,36-35-,39-38-,42-41-,46-44-,52-50-. The molecule has 0 saturated carbocycles. The van der Waals surface area contributed by atoms with Crippen molar-refractivity contribution in [2.45, 2.75) is 251 Å². The fraction of sp³-hybridized carbons (Fsp3) is 0.605. The number of hydrogen-bond acceptors (Lipinski definition) is 7. The number of unbranched alkanes of at least 4 members (excludes halogenated alkanes) is 18. The molecule has 86 heavy (non-hydrogen) atoms. The molecule has 0 fully saturated rings. The SMILES string of the molecule is CC/C=C\C/C=C\C/C=C\C/C=C\C/C=C\C/C=C\C/C=C\C/C=C\CCCCCCCCCCCCCCC(=O)OC(COC(=O)CCCCCCCC/C=C\C/C=C\C/C=C\C/C=C\C/C=C\C/C=C\CC)COP(=O)(O)OCC[N+](C)(C)C. The Morgan fingerprint density at radius 1 is 0.360 bits per heavy atom. The first kappa shape index (κ1) is 81.4. The molecule has 0 aliphatic rings. The van der Waals surface area contributed by atoms with E-state index in [2.05, 4.69) is 184 Å². The van der Waals surface area contributed by atoms with Crippen LogP contribution in [0.3, 0.4) is 0 Å². The summed E-state index contributed by atoms with van der Waals surface area (Å²) in [7, 11) is 1.45. The van der Waals surface area contributed by atoms with Crippen molar-refractivity contribution in [1.29, 1.82) is 0 Å². The van der Waals surface area contributed by atoms with E-state index in [-0.39, 0.29) is 32.0 Å². The lowest BCUT2D eigenvalue weighted by atomic mass is 10.0. The molecule has 0 aliphatic carbocycles. The minimum absolute atomic E-state index is 0.0199. The van der Waals surface area contributed by atoms with Crippen molar-refractivity contribution in [2.75, 3.05) is 47.5 Å². The lowest BCUT2D eigenvalue weighted by Gasteiger charge is -2.24. The van der Waals surface area contributed by atoms with Gasteiger partial charge in [0.05, 0.1) is 27.7 Å². The normalized spacial score (nSPS) is 14.3. The zero-order chi connectivity index (χ0) is 62.6. The van der Waals surface area contributed by atoms with Crippen LogP contribution >= 0.6 is 7.82 Å². The van der Waals surface area contributed by atoms with Crippen molar-refractivity contribution in [3.8, 4) is 0 Å². The third kappa shape index (κ3) is 68.5. The number of likely N-dealkylation sites (N-methyl/N-ethyl adjacent to an activating group) is 1. The molecule has 10 heteroatoms. The maximum Gasteiger partial charge on any atom is 0.472 e. The summed E-state index contributed by atoms with van der Waals surface area (Å²) in [5.41, 5.74) is 0. The minimum atomic E-state index is -4.41. The van der Waals surface area contributed by atoms with Crippen LogP contribution in [-0.2, 0) is 32.7 Å². The van der Waals surface area contributed by atoms with Crippen molar-refractivity contribution in [1.82, 2.24) is 0 Å². The number of ether oxygens (including phenoxy) is 2. The molecule has 486 valence electrons. The van der Waals surface area contributed by atoms with Gasteiger partial charge in [0.15, 0.2) is 6.10 Å². The number of carbonyl (C=O) groups excluding carboxylic acids is 2. The van der Waals surface area contributed by atoms with Crippen molar-refractivity contribution >= 4 is 19.8 Å². The summed E-state index contributed by atoms with van der Waals surface area (Å²) in [5.74, 6) is -0.826.